The van der Waals surface area contributed by atoms with Crippen LogP contribution in [0.5, 0.6) is 0 Å². The molecule has 15 heavy (non-hydrogen) atoms. The summed E-state index contributed by atoms with van der Waals surface area (Å²) in [5.41, 5.74) is 0. The third kappa shape index (κ3) is 13.0. The van der Waals surface area contributed by atoms with Gasteiger partial charge in [0.1, 0.15) is 0 Å². The molecule has 0 aromatic carbocycles. The lowest BCUT2D eigenvalue weighted by molar-refractivity contribution is 0.584. The van der Waals surface area contributed by atoms with Gasteiger partial charge in [-0.2, -0.15) is 5.26 Å². The standard InChI is InChI=1S/C14H23N/c1-2-3-4-5-6-7-8-9-10-11-12-13-14-15/h2,12-13H,1,3-11H2. The van der Waals surface area contributed by atoms with Crippen molar-refractivity contribution in [2.75, 3.05) is 0 Å². The van der Waals surface area contributed by atoms with Crippen molar-refractivity contribution in [3.05, 3.63) is 24.8 Å². The quantitative estimate of drug-likeness (QED) is 0.286. The van der Waals surface area contributed by atoms with E-state index in [-0.39, 0.29) is 0 Å². The average molecular weight is 205 g/mol. The SMILES string of the molecule is C=CCCCCCCCCCC=CC#N. The van der Waals surface area contributed by atoms with E-state index in [4.69, 9.17) is 5.26 Å². The number of nitriles is 1. The predicted octanol–water partition coefficient (Wildman–Crippen LogP) is 4.76. The summed E-state index contributed by atoms with van der Waals surface area (Å²) in [5, 5.41) is 8.27. The van der Waals surface area contributed by atoms with Gasteiger partial charge in [-0.3, -0.25) is 0 Å². The molecule has 0 amide bonds. The summed E-state index contributed by atoms with van der Waals surface area (Å²) in [6.45, 7) is 3.71. The van der Waals surface area contributed by atoms with Gasteiger partial charge in [-0.25, -0.2) is 0 Å². The molecule has 0 radical (unpaired) electrons. The Morgan fingerprint density at radius 2 is 1.40 bits per heavy atom. The lowest BCUT2D eigenvalue weighted by atomic mass is 10.1. The Bertz CT molecular complexity index is 198. The number of nitrogens with zero attached hydrogens (tertiary/aromatic N) is 1. The van der Waals surface area contributed by atoms with Gasteiger partial charge in [0, 0.05) is 6.08 Å². The molecule has 84 valence electrons. The topological polar surface area (TPSA) is 23.8 Å². The highest BCUT2D eigenvalue weighted by Crippen LogP contribution is 2.09. The second kappa shape index (κ2) is 13.0. The zero-order chi connectivity index (χ0) is 11.2. The highest BCUT2D eigenvalue weighted by atomic mass is 14.2. The van der Waals surface area contributed by atoms with Crippen molar-refractivity contribution in [2.24, 2.45) is 0 Å². The molecule has 0 aliphatic rings. The molecular formula is C14H23N. The molecule has 0 fully saturated rings. The first kappa shape index (κ1) is 14.0. The summed E-state index contributed by atoms with van der Waals surface area (Å²) >= 11 is 0. The zero-order valence-corrected chi connectivity index (χ0v) is 9.75. The molecule has 0 aromatic heterocycles. The maximum Gasteiger partial charge on any atom is 0.0908 e. The maximum absolute atomic E-state index is 8.27. The monoisotopic (exact) mass is 205 g/mol. The van der Waals surface area contributed by atoms with Crippen LogP contribution in [0.2, 0.25) is 0 Å². The molecule has 1 heteroatoms. The molecule has 0 bridgehead atoms. The van der Waals surface area contributed by atoms with E-state index in [0.717, 1.165) is 6.42 Å². The molecule has 0 unspecified atom stereocenters. The van der Waals surface area contributed by atoms with Crippen molar-refractivity contribution in [1.29, 1.82) is 5.26 Å². The number of allylic oxidation sites excluding steroid dienone is 3. The van der Waals surface area contributed by atoms with E-state index in [0.29, 0.717) is 0 Å². The van der Waals surface area contributed by atoms with E-state index in [2.05, 4.69) is 6.58 Å². The largest absolute Gasteiger partial charge is 0.193 e. The van der Waals surface area contributed by atoms with Crippen LogP contribution in [-0.2, 0) is 0 Å². The first-order chi connectivity index (χ1) is 7.41. The summed E-state index contributed by atoms with van der Waals surface area (Å²) in [5.74, 6) is 0. The minimum atomic E-state index is 1.06. The highest BCUT2D eigenvalue weighted by molar-refractivity contribution is 5.01. The smallest absolute Gasteiger partial charge is 0.0908 e. The Labute approximate surface area is 94.5 Å². The van der Waals surface area contributed by atoms with Crippen LogP contribution in [0, 0.1) is 11.3 Å². The molecule has 0 atom stereocenters. The van der Waals surface area contributed by atoms with Gasteiger partial charge < -0.3 is 0 Å². The molecule has 0 aliphatic carbocycles. The fourth-order valence-electron chi connectivity index (χ4n) is 1.57. The van der Waals surface area contributed by atoms with Gasteiger partial charge in [-0.05, 0) is 25.7 Å². The molecular weight excluding hydrogens is 182 g/mol. The lowest BCUT2D eigenvalue weighted by Gasteiger charge is -1.99. The van der Waals surface area contributed by atoms with Gasteiger partial charge in [0.25, 0.3) is 0 Å². The summed E-state index contributed by atoms with van der Waals surface area (Å²) in [7, 11) is 0. The van der Waals surface area contributed by atoms with Crippen LogP contribution in [-0.4, -0.2) is 0 Å². The third-order valence-corrected chi connectivity index (χ3v) is 2.47. The summed E-state index contributed by atoms with van der Waals surface area (Å²) < 4.78 is 0. The van der Waals surface area contributed by atoms with Gasteiger partial charge in [0.05, 0.1) is 6.07 Å². The van der Waals surface area contributed by atoms with E-state index in [1.54, 1.807) is 6.08 Å². The Balaban J connectivity index is 2.96. The number of hydrogen-bond acceptors (Lipinski definition) is 1. The van der Waals surface area contributed by atoms with Crippen LogP contribution in [0.1, 0.15) is 57.8 Å². The van der Waals surface area contributed by atoms with Crippen molar-refractivity contribution in [3.8, 4) is 6.07 Å². The van der Waals surface area contributed by atoms with E-state index >= 15 is 0 Å². The molecule has 1 nitrogen and oxygen atoms in total. The second-order valence-electron chi connectivity index (χ2n) is 3.87. The molecule has 0 aliphatic heterocycles. The van der Waals surface area contributed by atoms with Crippen LogP contribution < -0.4 is 0 Å². The van der Waals surface area contributed by atoms with Crippen molar-refractivity contribution in [2.45, 2.75) is 57.8 Å². The van der Waals surface area contributed by atoms with Gasteiger partial charge in [-0.1, -0.05) is 44.3 Å². The van der Waals surface area contributed by atoms with Crippen LogP contribution in [0.15, 0.2) is 24.8 Å². The second-order valence-corrected chi connectivity index (χ2v) is 3.87. The van der Waals surface area contributed by atoms with Gasteiger partial charge in [0.15, 0.2) is 0 Å². The van der Waals surface area contributed by atoms with Gasteiger partial charge >= 0.3 is 0 Å². The molecule has 0 saturated carbocycles. The Kier molecular flexibility index (Phi) is 12.1. The Morgan fingerprint density at radius 1 is 0.867 bits per heavy atom. The Hall–Kier alpha value is -1.03. The summed E-state index contributed by atoms with van der Waals surface area (Å²) in [6, 6.07) is 2.01. The third-order valence-electron chi connectivity index (χ3n) is 2.47. The van der Waals surface area contributed by atoms with Crippen molar-refractivity contribution >= 4 is 0 Å². The molecule has 0 aromatic rings. The molecule has 0 spiro atoms. The fraction of sp³-hybridized carbons (Fsp3) is 0.643. The van der Waals surface area contributed by atoms with Crippen LogP contribution in [0.3, 0.4) is 0 Å². The molecule has 0 heterocycles. The Morgan fingerprint density at radius 3 is 1.93 bits per heavy atom. The fourth-order valence-corrected chi connectivity index (χ4v) is 1.57. The number of unbranched alkanes of at least 4 members (excludes halogenated alkanes) is 8. The maximum atomic E-state index is 8.27. The van der Waals surface area contributed by atoms with Crippen LogP contribution in [0.4, 0.5) is 0 Å². The van der Waals surface area contributed by atoms with Crippen molar-refractivity contribution in [3.63, 3.8) is 0 Å². The molecule has 0 rings (SSSR count). The van der Waals surface area contributed by atoms with E-state index < -0.39 is 0 Å². The number of rotatable bonds is 10. The first-order valence-electron chi connectivity index (χ1n) is 6.07. The van der Waals surface area contributed by atoms with Crippen molar-refractivity contribution < 1.29 is 0 Å². The van der Waals surface area contributed by atoms with E-state index in [1.165, 1.54) is 51.4 Å². The molecule has 0 N–H and O–H groups in total. The first-order valence-corrected chi connectivity index (χ1v) is 6.07. The lowest BCUT2D eigenvalue weighted by Crippen LogP contribution is -1.80. The van der Waals surface area contributed by atoms with E-state index in [1.807, 2.05) is 18.2 Å². The average Bonchev–Trinajstić information content (AvgIpc) is 2.26. The highest BCUT2D eigenvalue weighted by Gasteiger charge is 1.90. The van der Waals surface area contributed by atoms with Crippen LogP contribution >= 0.6 is 0 Å². The van der Waals surface area contributed by atoms with Crippen molar-refractivity contribution in [1.82, 2.24) is 0 Å². The molecule has 0 saturated heterocycles. The summed E-state index contributed by atoms with van der Waals surface area (Å²) in [4.78, 5) is 0. The zero-order valence-electron chi connectivity index (χ0n) is 9.75. The normalized spacial score (nSPS) is 10.3. The van der Waals surface area contributed by atoms with Gasteiger partial charge in [0.2, 0.25) is 0 Å². The number of hydrogen-bond donors (Lipinski definition) is 0. The van der Waals surface area contributed by atoms with E-state index in [9.17, 15) is 0 Å². The minimum absolute atomic E-state index is 1.06. The minimum Gasteiger partial charge on any atom is -0.193 e. The predicted molar refractivity (Wildman–Crippen MR) is 66.5 cm³/mol. The summed E-state index contributed by atoms with van der Waals surface area (Å²) in [6.07, 6.45) is 17.0. The van der Waals surface area contributed by atoms with Crippen LogP contribution in [0.25, 0.3) is 0 Å². The van der Waals surface area contributed by atoms with Gasteiger partial charge in [-0.15, -0.1) is 6.58 Å².